The lowest BCUT2D eigenvalue weighted by Gasteiger charge is -2.23. The van der Waals surface area contributed by atoms with Crippen LogP contribution in [0.4, 0.5) is 0 Å². The van der Waals surface area contributed by atoms with E-state index in [9.17, 15) is 9.59 Å². The maximum atomic E-state index is 13.1. The molecule has 0 atom stereocenters. The molecule has 0 aliphatic heterocycles. The highest BCUT2D eigenvalue weighted by Gasteiger charge is 2.18. The van der Waals surface area contributed by atoms with Crippen LogP contribution in [0.15, 0.2) is 54.6 Å². The van der Waals surface area contributed by atoms with Gasteiger partial charge in [-0.1, -0.05) is 44.2 Å². The first kappa shape index (κ1) is 22.5. The van der Waals surface area contributed by atoms with E-state index in [1.807, 2.05) is 42.5 Å². The molecule has 0 saturated carbocycles. The van der Waals surface area contributed by atoms with Crippen molar-refractivity contribution in [2.75, 3.05) is 19.8 Å². The van der Waals surface area contributed by atoms with Crippen LogP contribution in [0.1, 0.15) is 49.5 Å². The quantitative estimate of drug-likeness (QED) is 0.516. The van der Waals surface area contributed by atoms with Crippen molar-refractivity contribution >= 4 is 11.9 Å². The Morgan fingerprint density at radius 2 is 1.69 bits per heavy atom. The maximum absolute atomic E-state index is 13.1. The SMILES string of the molecule is CCOC(=O)CCN(Cc1ccccc1)C(=O)c1ccc(OCCC(C)C)cc1. The zero-order chi connectivity index (χ0) is 21.1. The minimum absolute atomic E-state index is 0.119. The number of benzene rings is 2. The average Bonchev–Trinajstić information content (AvgIpc) is 2.72. The second kappa shape index (κ2) is 11.9. The molecule has 29 heavy (non-hydrogen) atoms. The first-order chi connectivity index (χ1) is 14.0. The summed E-state index contributed by atoms with van der Waals surface area (Å²) in [6.45, 7) is 7.82. The van der Waals surface area contributed by atoms with Gasteiger partial charge in [0.2, 0.25) is 0 Å². The van der Waals surface area contributed by atoms with Gasteiger partial charge in [-0.2, -0.15) is 0 Å². The summed E-state index contributed by atoms with van der Waals surface area (Å²) in [7, 11) is 0. The number of esters is 1. The zero-order valence-corrected chi connectivity index (χ0v) is 17.6. The predicted molar refractivity (Wildman–Crippen MR) is 114 cm³/mol. The third-order valence-corrected chi connectivity index (χ3v) is 4.46. The van der Waals surface area contributed by atoms with Gasteiger partial charge in [-0.3, -0.25) is 9.59 Å². The minimum Gasteiger partial charge on any atom is -0.494 e. The van der Waals surface area contributed by atoms with Gasteiger partial charge in [0.25, 0.3) is 5.91 Å². The van der Waals surface area contributed by atoms with Gasteiger partial charge in [-0.15, -0.1) is 0 Å². The van der Waals surface area contributed by atoms with Crippen LogP contribution in [0.5, 0.6) is 5.75 Å². The molecule has 2 rings (SSSR count). The van der Waals surface area contributed by atoms with E-state index < -0.39 is 0 Å². The van der Waals surface area contributed by atoms with Crippen LogP contribution in [0.2, 0.25) is 0 Å². The van der Waals surface area contributed by atoms with Gasteiger partial charge in [0, 0.05) is 18.7 Å². The summed E-state index contributed by atoms with van der Waals surface area (Å²) in [4.78, 5) is 26.5. The van der Waals surface area contributed by atoms with E-state index in [0.29, 0.717) is 37.8 Å². The van der Waals surface area contributed by atoms with Crippen LogP contribution in [-0.2, 0) is 16.1 Å². The summed E-state index contributed by atoms with van der Waals surface area (Å²) >= 11 is 0. The number of carbonyl (C=O) groups excluding carboxylic acids is 2. The summed E-state index contributed by atoms with van der Waals surface area (Å²) < 4.78 is 10.7. The molecule has 0 radical (unpaired) electrons. The van der Waals surface area contributed by atoms with Gasteiger partial charge >= 0.3 is 5.97 Å². The Morgan fingerprint density at radius 3 is 2.31 bits per heavy atom. The van der Waals surface area contributed by atoms with Crippen molar-refractivity contribution in [1.82, 2.24) is 4.90 Å². The molecule has 0 fully saturated rings. The van der Waals surface area contributed by atoms with E-state index >= 15 is 0 Å². The largest absolute Gasteiger partial charge is 0.494 e. The molecule has 156 valence electrons. The smallest absolute Gasteiger partial charge is 0.307 e. The van der Waals surface area contributed by atoms with Crippen molar-refractivity contribution in [2.45, 2.75) is 40.2 Å². The maximum Gasteiger partial charge on any atom is 0.307 e. The fourth-order valence-electron chi connectivity index (χ4n) is 2.80. The lowest BCUT2D eigenvalue weighted by atomic mass is 10.1. The topological polar surface area (TPSA) is 55.8 Å². The molecule has 5 nitrogen and oxygen atoms in total. The van der Waals surface area contributed by atoms with E-state index in [0.717, 1.165) is 17.7 Å². The molecule has 2 aromatic rings. The molecule has 0 N–H and O–H groups in total. The number of carbonyl (C=O) groups is 2. The molecule has 1 amide bonds. The van der Waals surface area contributed by atoms with Crippen LogP contribution in [-0.4, -0.2) is 36.5 Å². The average molecular weight is 398 g/mol. The molecular weight excluding hydrogens is 366 g/mol. The highest BCUT2D eigenvalue weighted by atomic mass is 16.5. The van der Waals surface area contributed by atoms with Gasteiger partial charge in [0.15, 0.2) is 0 Å². The molecule has 5 heteroatoms. The summed E-state index contributed by atoms with van der Waals surface area (Å²) in [5.74, 6) is 0.921. The molecule has 0 spiro atoms. The van der Waals surface area contributed by atoms with E-state index in [1.165, 1.54) is 0 Å². The molecule has 0 aromatic heterocycles. The van der Waals surface area contributed by atoms with Crippen molar-refractivity contribution in [1.29, 1.82) is 0 Å². The third-order valence-electron chi connectivity index (χ3n) is 4.46. The van der Waals surface area contributed by atoms with Gasteiger partial charge in [-0.25, -0.2) is 0 Å². The van der Waals surface area contributed by atoms with Crippen molar-refractivity contribution in [3.63, 3.8) is 0 Å². The standard InChI is InChI=1S/C24H31NO4/c1-4-28-23(26)14-16-25(18-20-8-6-5-7-9-20)24(27)21-10-12-22(13-11-21)29-17-15-19(2)3/h5-13,19H,4,14-18H2,1-3H3. The fraction of sp³-hybridized carbons (Fsp3) is 0.417. The number of hydrogen-bond donors (Lipinski definition) is 0. The molecule has 0 bridgehead atoms. The summed E-state index contributed by atoms with van der Waals surface area (Å²) in [5, 5.41) is 0. The molecule has 0 aliphatic rings. The second-order valence-corrected chi connectivity index (χ2v) is 7.32. The highest BCUT2D eigenvalue weighted by Crippen LogP contribution is 2.16. The van der Waals surface area contributed by atoms with E-state index in [-0.39, 0.29) is 18.3 Å². The monoisotopic (exact) mass is 397 g/mol. The van der Waals surface area contributed by atoms with Crippen LogP contribution >= 0.6 is 0 Å². The molecule has 0 aliphatic carbocycles. The Hall–Kier alpha value is -2.82. The number of rotatable bonds is 11. The number of amides is 1. The Bertz CT molecular complexity index is 756. The zero-order valence-electron chi connectivity index (χ0n) is 17.6. The van der Waals surface area contributed by atoms with Crippen molar-refractivity contribution < 1.29 is 19.1 Å². The molecule has 0 saturated heterocycles. The summed E-state index contributed by atoms with van der Waals surface area (Å²) in [5.41, 5.74) is 1.58. The second-order valence-electron chi connectivity index (χ2n) is 7.32. The number of nitrogens with zero attached hydrogens (tertiary/aromatic N) is 1. The van der Waals surface area contributed by atoms with Crippen LogP contribution in [0, 0.1) is 5.92 Å². The number of ether oxygens (including phenoxy) is 2. The third kappa shape index (κ3) is 7.98. The van der Waals surface area contributed by atoms with Gasteiger partial charge in [0.05, 0.1) is 19.6 Å². The highest BCUT2D eigenvalue weighted by molar-refractivity contribution is 5.94. The molecular formula is C24H31NO4. The fourth-order valence-corrected chi connectivity index (χ4v) is 2.80. The van der Waals surface area contributed by atoms with Gasteiger partial charge in [0.1, 0.15) is 5.75 Å². The van der Waals surface area contributed by atoms with E-state index in [4.69, 9.17) is 9.47 Å². The van der Waals surface area contributed by atoms with Crippen LogP contribution in [0.3, 0.4) is 0 Å². The molecule has 2 aromatic carbocycles. The van der Waals surface area contributed by atoms with Crippen molar-refractivity contribution in [3.8, 4) is 5.75 Å². The molecule has 0 unspecified atom stereocenters. The number of hydrogen-bond acceptors (Lipinski definition) is 4. The Kier molecular flexibility index (Phi) is 9.22. The lowest BCUT2D eigenvalue weighted by molar-refractivity contribution is -0.143. The Labute approximate surface area is 173 Å². The summed E-state index contributed by atoms with van der Waals surface area (Å²) in [6, 6.07) is 16.9. The van der Waals surface area contributed by atoms with Crippen molar-refractivity contribution in [3.05, 3.63) is 65.7 Å². The van der Waals surface area contributed by atoms with Crippen LogP contribution < -0.4 is 4.74 Å². The first-order valence-corrected chi connectivity index (χ1v) is 10.2. The normalized spacial score (nSPS) is 10.6. The van der Waals surface area contributed by atoms with E-state index in [1.54, 1.807) is 24.0 Å². The van der Waals surface area contributed by atoms with Gasteiger partial charge in [-0.05, 0) is 49.1 Å². The first-order valence-electron chi connectivity index (χ1n) is 10.2. The minimum atomic E-state index is -0.299. The lowest BCUT2D eigenvalue weighted by Crippen LogP contribution is -2.32. The van der Waals surface area contributed by atoms with Gasteiger partial charge < -0.3 is 14.4 Å². The van der Waals surface area contributed by atoms with Crippen molar-refractivity contribution in [2.24, 2.45) is 5.92 Å². The Balaban J connectivity index is 2.05. The molecule has 0 heterocycles. The Morgan fingerprint density at radius 1 is 1.00 bits per heavy atom. The van der Waals surface area contributed by atoms with E-state index in [2.05, 4.69) is 13.8 Å². The predicted octanol–water partition coefficient (Wildman–Crippen LogP) is 4.71. The summed E-state index contributed by atoms with van der Waals surface area (Å²) in [6.07, 6.45) is 1.15. The van der Waals surface area contributed by atoms with Crippen LogP contribution in [0.25, 0.3) is 0 Å².